The molecule has 1 fully saturated rings. The fourth-order valence-corrected chi connectivity index (χ4v) is 5.48. The lowest BCUT2D eigenvalue weighted by atomic mass is 9.95. The molecule has 1 aromatic heterocycles. The molecular weight excluding hydrogens is 452 g/mol. The van der Waals surface area contributed by atoms with E-state index in [1.807, 2.05) is 30.4 Å². The van der Waals surface area contributed by atoms with Gasteiger partial charge in [-0.2, -0.15) is 5.10 Å². The molecule has 1 saturated heterocycles. The van der Waals surface area contributed by atoms with Gasteiger partial charge in [-0.3, -0.25) is 14.9 Å². The molecule has 180 valence electrons. The summed E-state index contributed by atoms with van der Waals surface area (Å²) in [7, 11) is 1.89. The van der Waals surface area contributed by atoms with Crippen LogP contribution in [-0.4, -0.2) is 65.3 Å². The Bertz CT molecular complexity index is 1150. The van der Waals surface area contributed by atoms with E-state index in [0.29, 0.717) is 25.5 Å². The monoisotopic (exact) mass is 482 g/mol. The van der Waals surface area contributed by atoms with Crippen LogP contribution in [0.1, 0.15) is 31.7 Å². The molecule has 0 aliphatic carbocycles. The van der Waals surface area contributed by atoms with Crippen LogP contribution in [0.2, 0.25) is 5.02 Å². The van der Waals surface area contributed by atoms with Gasteiger partial charge in [0.25, 0.3) is 0 Å². The number of fused-ring (bicyclic) bond motifs is 1. The molecule has 1 aromatic carbocycles. The average molecular weight is 483 g/mol. The summed E-state index contributed by atoms with van der Waals surface area (Å²) in [4.78, 5) is 16.0. The molecule has 0 unspecified atom stereocenters. The summed E-state index contributed by atoms with van der Waals surface area (Å²) in [5.74, 6) is 0.482. The third-order valence-electron chi connectivity index (χ3n) is 6.99. The van der Waals surface area contributed by atoms with Crippen molar-refractivity contribution in [3.05, 3.63) is 46.4 Å². The Labute approximate surface area is 205 Å². The Hall–Kier alpha value is -2.84. The number of amidine groups is 1. The van der Waals surface area contributed by atoms with Gasteiger partial charge in [0, 0.05) is 74.4 Å². The lowest BCUT2D eigenvalue weighted by Gasteiger charge is -2.37. The highest BCUT2D eigenvalue weighted by Gasteiger charge is 2.31. The summed E-state index contributed by atoms with van der Waals surface area (Å²) in [6.07, 6.45) is 7.24. The molecule has 3 aliphatic rings. The van der Waals surface area contributed by atoms with Gasteiger partial charge in [-0.15, -0.1) is 0 Å². The molecule has 0 bridgehead atoms. The molecular formula is C25H31ClN6O2. The highest BCUT2D eigenvalue weighted by atomic mass is 35.5. The van der Waals surface area contributed by atoms with Crippen LogP contribution >= 0.6 is 11.6 Å². The number of nitrogens with zero attached hydrogens (tertiary/aromatic N) is 4. The van der Waals surface area contributed by atoms with Gasteiger partial charge in [-0.1, -0.05) is 17.7 Å². The molecule has 8 nitrogen and oxygen atoms in total. The van der Waals surface area contributed by atoms with Crippen molar-refractivity contribution in [3.63, 3.8) is 0 Å². The topological polar surface area (TPSA) is 86.5 Å². The predicted molar refractivity (Wildman–Crippen MR) is 133 cm³/mol. The van der Waals surface area contributed by atoms with Crippen molar-refractivity contribution in [1.29, 1.82) is 5.41 Å². The summed E-state index contributed by atoms with van der Waals surface area (Å²) >= 11 is 6.91. The van der Waals surface area contributed by atoms with E-state index in [1.54, 1.807) is 11.6 Å². The summed E-state index contributed by atoms with van der Waals surface area (Å²) in [6, 6.07) is 4.35. The molecule has 3 aliphatic heterocycles. The van der Waals surface area contributed by atoms with Gasteiger partial charge >= 0.3 is 0 Å². The van der Waals surface area contributed by atoms with Gasteiger partial charge in [-0.05, 0) is 30.9 Å². The van der Waals surface area contributed by atoms with Gasteiger partial charge in [0.2, 0.25) is 5.91 Å². The maximum atomic E-state index is 12.2. The molecule has 2 N–H and O–H groups in total. The second-order valence-electron chi connectivity index (χ2n) is 9.28. The van der Waals surface area contributed by atoms with Crippen molar-refractivity contribution in [2.24, 2.45) is 7.05 Å². The normalized spacial score (nSPS) is 20.5. The van der Waals surface area contributed by atoms with Gasteiger partial charge in [0.05, 0.1) is 30.4 Å². The Morgan fingerprint density at radius 1 is 1.29 bits per heavy atom. The number of aromatic nitrogens is 2. The lowest BCUT2D eigenvalue weighted by Crippen LogP contribution is -2.46. The Morgan fingerprint density at radius 2 is 2.15 bits per heavy atom. The van der Waals surface area contributed by atoms with Crippen molar-refractivity contribution in [2.45, 2.75) is 38.6 Å². The van der Waals surface area contributed by atoms with E-state index in [1.165, 1.54) is 0 Å². The first-order valence-electron chi connectivity index (χ1n) is 11.9. The van der Waals surface area contributed by atoms with Crippen LogP contribution in [0.3, 0.4) is 0 Å². The number of halogens is 1. The van der Waals surface area contributed by atoms with Crippen LogP contribution < -0.4 is 10.2 Å². The van der Waals surface area contributed by atoms with E-state index in [-0.39, 0.29) is 11.9 Å². The predicted octanol–water partition coefficient (Wildman–Crippen LogP) is 3.36. The van der Waals surface area contributed by atoms with Gasteiger partial charge < -0.3 is 19.9 Å². The third-order valence-corrected chi connectivity index (χ3v) is 7.42. The number of rotatable bonds is 4. The Balaban J connectivity index is 1.49. The van der Waals surface area contributed by atoms with Crippen LogP contribution in [0, 0.1) is 5.41 Å². The number of aryl methyl sites for hydroxylation is 1. The SMILES string of the molecule is CC(=O)N1CCC(N[C@H]2CCOC2)=C(C(=N)N2CCCc3c2ccc(-c2cnn(C)c2)c3Cl)C1. The number of amides is 1. The fraction of sp³-hybridized carbons (Fsp3) is 0.480. The van der Waals surface area contributed by atoms with Gasteiger partial charge in [0.15, 0.2) is 0 Å². The Kier molecular flexibility index (Phi) is 6.36. The molecule has 1 amide bonds. The maximum Gasteiger partial charge on any atom is 0.219 e. The number of hydrogen-bond donors (Lipinski definition) is 2. The van der Waals surface area contributed by atoms with E-state index in [4.69, 9.17) is 16.3 Å². The molecule has 4 heterocycles. The second-order valence-corrected chi connectivity index (χ2v) is 9.66. The zero-order valence-corrected chi connectivity index (χ0v) is 20.5. The van der Waals surface area contributed by atoms with Gasteiger partial charge in [0.1, 0.15) is 5.84 Å². The third kappa shape index (κ3) is 4.32. The standard InChI is InChI=1S/C25H31ClN6O2/c1-16(33)31-10-7-22(29-18-8-11-34-15-18)21(14-31)25(27)32-9-3-4-20-23(32)6-5-19(24(20)26)17-12-28-30(2)13-17/h5-6,12-13,18,27,29H,3-4,7-11,14-15H2,1-2H3/t18-/m0/s1. The minimum absolute atomic E-state index is 0.0387. The van der Waals surface area contributed by atoms with Crippen molar-refractivity contribution in [3.8, 4) is 11.1 Å². The molecule has 34 heavy (non-hydrogen) atoms. The first-order chi connectivity index (χ1) is 16.4. The molecule has 0 spiro atoms. The van der Waals surface area contributed by atoms with E-state index >= 15 is 0 Å². The summed E-state index contributed by atoms with van der Waals surface area (Å²) < 4.78 is 7.32. The first-order valence-corrected chi connectivity index (χ1v) is 12.3. The zero-order chi connectivity index (χ0) is 23.8. The molecule has 9 heteroatoms. The quantitative estimate of drug-likeness (QED) is 0.515. The number of benzene rings is 1. The second kappa shape index (κ2) is 9.43. The number of hydrogen-bond acceptors (Lipinski definition) is 5. The van der Waals surface area contributed by atoms with E-state index < -0.39 is 0 Å². The van der Waals surface area contributed by atoms with Crippen LogP contribution in [-0.2, 0) is 23.0 Å². The van der Waals surface area contributed by atoms with E-state index in [0.717, 1.165) is 77.5 Å². The number of carbonyl (C=O) groups excluding carboxylic acids is 1. The molecule has 1 atom stereocenters. The van der Waals surface area contributed by atoms with Crippen molar-refractivity contribution in [1.82, 2.24) is 20.0 Å². The smallest absolute Gasteiger partial charge is 0.219 e. The van der Waals surface area contributed by atoms with Gasteiger partial charge in [-0.25, -0.2) is 0 Å². The Morgan fingerprint density at radius 3 is 2.85 bits per heavy atom. The highest BCUT2D eigenvalue weighted by molar-refractivity contribution is 6.34. The molecule has 0 saturated carbocycles. The minimum atomic E-state index is 0.0387. The van der Waals surface area contributed by atoms with Crippen molar-refractivity contribution in [2.75, 3.05) is 37.7 Å². The largest absolute Gasteiger partial charge is 0.383 e. The van der Waals surface area contributed by atoms with E-state index in [2.05, 4.69) is 21.4 Å². The molecule has 0 radical (unpaired) electrons. The zero-order valence-electron chi connectivity index (χ0n) is 19.7. The van der Waals surface area contributed by atoms with Crippen LogP contribution in [0.15, 0.2) is 35.8 Å². The van der Waals surface area contributed by atoms with Crippen LogP contribution in [0.4, 0.5) is 5.69 Å². The number of ether oxygens (including phenoxy) is 1. The summed E-state index contributed by atoms with van der Waals surface area (Å²) in [5.41, 5.74) is 5.93. The first kappa shape index (κ1) is 22.9. The van der Waals surface area contributed by atoms with E-state index in [9.17, 15) is 10.2 Å². The van der Waals surface area contributed by atoms with Crippen LogP contribution in [0.25, 0.3) is 11.1 Å². The van der Waals surface area contributed by atoms with Crippen molar-refractivity contribution < 1.29 is 9.53 Å². The highest BCUT2D eigenvalue weighted by Crippen LogP contribution is 2.40. The van der Waals surface area contributed by atoms with Crippen LogP contribution in [0.5, 0.6) is 0 Å². The molecule has 5 rings (SSSR count). The maximum absolute atomic E-state index is 12.2. The fourth-order valence-electron chi connectivity index (χ4n) is 5.12. The average Bonchev–Trinajstić information content (AvgIpc) is 3.50. The van der Waals surface area contributed by atoms with Crippen molar-refractivity contribution >= 4 is 29.0 Å². The summed E-state index contributed by atoms with van der Waals surface area (Å²) in [5, 5.41) is 17.9. The number of nitrogens with one attached hydrogen (secondary N) is 2. The minimum Gasteiger partial charge on any atom is -0.383 e. The molecule has 2 aromatic rings. The number of anilines is 1. The lowest BCUT2D eigenvalue weighted by molar-refractivity contribution is -0.128. The summed E-state index contributed by atoms with van der Waals surface area (Å²) in [6.45, 7) is 4.89. The number of carbonyl (C=O) groups is 1.